The molecule has 6 rings (SSSR count). The molecule has 0 fully saturated rings. The summed E-state index contributed by atoms with van der Waals surface area (Å²) in [6.45, 7) is 8.57. The minimum absolute atomic E-state index is 0.838. The van der Waals surface area contributed by atoms with Crippen molar-refractivity contribution in [3.8, 4) is 45.3 Å². The second kappa shape index (κ2) is 9.64. The summed E-state index contributed by atoms with van der Waals surface area (Å²) in [6.07, 6.45) is 0. The average molecular weight is 495 g/mol. The second-order valence-electron chi connectivity index (χ2n) is 9.96. The van der Waals surface area contributed by atoms with Crippen molar-refractivity contribution >= 4 is 0 Å². The molecule has 2 heterocycles. The summed E-state index contributed by atoms with van der Waals surface area (Å²) in [7, 11) is 0. The van der Waals surface area contributed by atoms with E-state index in [0.717, 1.165) is 45.3 Å². The van der Waals surface area contributed by atoms with Crippen molar-refractivity contribution in [3.05, 3.63) is 131 Å². The van der Waals surface area contributed by atoms with Gasteiger partial charge in [0.2, 0.25) is 0 Å². The third-order valence-corrected chi connectivity index (χ3v) is 7.00. The van der Waals surface area contributed by atoms with Crippen molar-refractivity contribution in [1.82, 2.24) is 19.6 Å². The Labute approximate surface area is 223 Å². The fraction of sp³-hybridized carbons (Fsp3) is 0.118. The third kappa shape index (κ3) is 4.35. The SMILES string of the molecule is Cc1ccc(-c2cc(-c3cc(-c4ccc(C)cc4C)n(-c4ccccc4)n3)nn2-c2ccccc2)c(C)c1. The smallest absolute Gasteiger partial charge is 0.114 e. The van der Waals surface area contributed by atoms with Gasteiger partial charge in [-0.3, -0.25) is 0 Å². The molecule has 6 aromatic rings. The van der Waals surface area contributed by atoms with Crippen LogP contribution in [0.2, 0.25) is 0 Å². The van der Waals surface area contributed by atoms with E-state index in [1.165, 1.54) is 22.3 Å². The highest BCUT2D eigenvalue weighted by molar-refractivity contribution is 5.75. The van der Waals surface area contributed by atoms with Crippen molar-refractivity contribution in [2.24, 2.45) is 0 Å². The van der Waals surface area contributed by atoms with E-state index in [4.69, 9.17) is 10.2 Å². The van der Waals surface area contributed by atoms with E-state index in [1.54, 1.807) is 0 Å². The highest BCUT2D eigenvalue weighted by Crippen LogP contribution is 2.34. The Balaban J connectivity index is 1.57. The van der Waals surface area contributed by atoms with Gasteiger partial charge in [0.1, 0.15) is 11.4 Å². The molecule has 0 radical (unpaired) electrons. The lowest BCUT2D eigenvalue weighted by Crippen LogP contribution is -2.00. The van der Waals surface area contributed by atoms with Crippen LogP contribution in [0.5, 0.6) is 0 Å². The lowest BCUT2D eigenvalue weighted by molar-refractivity contribution is 0.870. The predicted molar refractivity (Wildman–Crippen MR) is 156 cm³/mol. The number of nitrogens with zero attached hydrogens (tertiary/aromatic N) is 4. The zero-order chi connectivity index (χ0) is 26.2. The first-order valence-corrected chi connectivity index (χ1v) is 12.9. The minimum Gasteiger partial charge on any atom is -0.232 e. The molecule has 38 heavy (non-hydrogen) atoms. The van der Waals surface area contributed by atoms with Crippen LogP contribution in [-0.4, -0.2) is 19.6 Å². The van der Waals surface area contributed by atoms with Crippen LogP contribution in [-0.2, 0) is 0 Å². The molecule has 4 heteroatoms. The van der Waals surface area contributed by atoms with Crippen LogP contribution in [0, 0.1) is 27.7 Å². The maximum Gasteiger partial charge on any atom is 0.114 e. The molecule has 0 aliphatic rings. The summed E-state index contributed by atoms with van der Waals surface area (Å²) >= 11 is 0. The lowest BCUT2D eigenvalue weighted by Gasteiger charge is -2.10. The summed E-state index contributed by atoms with van der Waals surface area (Å²) in [6, 6.07) is 38.1. The maximum atomic E-state index is 5.11. The van der Waals surface area contributed by atoms with Crippen molar-refractivity contribution in [1.29, 1.82) is 0 Å². The zero-order valence-corrected chi connectivity index (χ0v) is 22.2. The Hall–Kier alpha value is -4.70. The molecule has 0 N–H and O–H groups in total. The number of aromatic nitrogens is 4. The Bertz CT molecular complexity index is 1610. The summed E-state index contributed by atoms with van der Waals surface area (Å²) in [5.74, 6) is 0. The van der Waals surface area contributed by atoms with Crippen molar-refractivity contribution in [2.75, 3.05) is 0 Å². The summed E-state index contributed by atoms with van der Waals surface area (Å²) in [5, 5.41) is 10.2. The van der Waals surface area contributed by atoms with E-state index in [1.807, 2.05) is 45.8 Å². The van der Waals surface area contributed by atoms with Crippen molar-refractivity contribution in [2.45, 2.75) is 27.7 Å². The summed E-state index contributed by atoms with van der Waals surface area (Å²) < 4.78 is 4.07. The molecule has 0 aliphatic carbocycles. The highest BCUT2D eigenvalue weighted by atomic mass is 15.3. The monoisotopic (exact) mass is 494 g/mol. The normalized spacial score (nSPS) is 11.2. The van der Waals surface area contributed by atoms with Gasteiger partial charge in [-0.05, 0) is 75.2 Å². The molecule has 0 saturated heterocycles. The summed E-state index contributed by atoms with van der Waals surface area (Å²) in [5.41, 5.74) is 13.1. The van der Waals surface area contributed by atoms with Crippen molar-refractivity contribution in [3.63, 3.8) is 0 Å². The average Bonchev–Trinajstić information content (AvgIpc) is 3.55. The number of para-hydroxylation sites is 2. The van der Waals surface area contributed by atoms with Crippen LogP contribution in [0.15, 0.2) is 109 Å². The van der Waals surface area contributed by atoms with Crippen LogP contribution in [0.25, 0.3) is 45.3 Å². The van der Waals surface area contributed by atoms with Gasteiger partial charge >= 0.3 is 0 Å². The Morgan fingerprint density at radius 1 is 0.447 bits per heavy atom. The van der Waals surface area contributed by atoms with Gasteiger partial charge in [0.15, 0.2) is 0 Å². The van der Waals surface area contributed by atoms with Crippen LogP contribution < -0.4 is 0 Å². The van der Waals surface area contributed by atoms with Gasteiger partial charge < -0.3 is 0 Å². The molecule has 186 valence electrons. The fourth-order valence-electron chi connectivity index (χ4n) is 5.13. The molecule has 4 nitrogen and oxygen atoms in total. The van der Waals surface area contributed by atoms with Crippen LogP contribution in [0.3, 0.4) is 0 Å². The van der Waals surface area contributed by atoms with E-state index in [2.05, 4.69) is 100 Å². The molecule has 0 spiro atoms. The molecule has 0 unspecified atom stereocenters. The number of hydrogen-bond donors (Lipinski definition) is 0. The number of rotatable bonds is 5. The Morgan fingerprint density at radius 2 is 0.842 bits per heavy atom. The molecule has 0 amide bonds. The fourth-order valence-corrected chi connectivity index (χ4v) is 5.13. The quantitative estimate of drug-likeness (QED) is 0.242. The van der Waals surface area contributed by atoms with Crippen LogP contribution >= 0.6 is 0 Å². The number of aryl methyl sites for hydroxylation is 4. The maximum absolute atomic E-state index is 5.11. The van der Waals surface area contributed by atoms with Crippen LogP contribution in [0.4, 0.5) is 0 Å². The molecular weight excluding hydrogens is 464 g/mol. The van der Waals surface area contributed by atoms with Gasteiger partial charge in [-0.25, -0.2) is 9.36 Å². The minimum atomic E-state index is 0.838. The predicted octanol–water partition coefficient (Wildman–Crippen LogP) is 8.29. The summed E-state index contributed by atoms with van der Waals surface area (Å²) in [4.78, 5) is 0. The van der Waals surface area contributed by atoms with Gasteiger partial charge in [-0.2, -0.15) is 10.2 Å². The lowest BCUT2D eigenvalue weighted by atomic mass is 10.0. The molecule has 0 aliphatic heterocycles. The number of hydrogen-bond acceptors (Lipinski definition) is 2. The standard InChI is InChI=1S/C34H30N4/c1-23-15-17-29(25(3)19-23)33-21-31(35-37(33)27-11-7-5-8-12-27)32-22-34(30-18-16-24(2)20-26(30)4)38(36-32)28-13-9-6-10-14-28/h5-22H,1-4H3. The first kappa shape index (κ1) is 23.7. The van der Waals surface area contributed by atoms with Crippen molar-refractivity contribution < 1.29 is 0 Å². The van der Waals surface area contributed by atoms with Crippen LogP contribution in [0.1, 0.15) is 22.3 Å². The van der Waals surface area contributed by atoms with Gasteiger partial charge in [-0.15, -0.1) is 0 Å². The molecule has 2 aromatic heterocycles. The Kier molecular flexibility index (Phi) is 6.01. The van der Waals surface area contributed by atoms with E-state index in [-0.39, 0.29) is 0 Å². The molecule has 0 saturated carbocycles. The largest absolute Gasteiger partial charge is 0.232 e. The number of benzene rings is 4. The molecule has 0 bridgehead atoms. The zero-order valence-electron chi connectivity index (χ0n) is 22.2. The molecular formula is C34H30N4. The molecule has 0 atom stereocenters. The molecule has 4 aromatic carbocycles. The van der Waals surface area contributed by atoms with Gasteiger partial charge in [0.25, 0.3) is 0 Å². The van der Waals surface area contributed by atoms with Gasteiger partial charge in [0.05, 0.1) is 22.8 Å². The third-order valence-electron chi connectivity index (χ3n) is 7.00. The van der Waals surface area contributed by atoms with E-state index in [0.29, 0.717) is 0 Å². The first-order chi connectivity index (χ1) is 18.5. The van der Waals surface area contributed by atoms with E-state index < -0.39 is 0 Å². The van der Waals surface area contributed by atoms with E-state index >= 15 is 0 Å². The highest BCUT2D eigenvalue weighted by Gasteiger charge is 2.20. The topological polar surface area (TPSA) is 35.6 Å². The van der Waals surface area contributed by atoms with Gasteiger partial charge in [0, 0.05) is 11.1 Å². The van der Waals surface area contributed by atoms with E-state index in [9.17, 15) is 0 Å². The Morgan fingerprint density at radius 3 is 1.21 bits per heavy atom. The van der Waals surface area contributed by atoms with Gasteiger partial charge in [-0.1, -0.05) is 83.9 Å². The first-order valence-electron chi connectivity index (χ1n) is 12.9. The second-order valence-corrected chi connectivity index (χ2v) is 9.96.